The van der Waals surface area contributed by atoms with E-state index in [1.54, 1.807) is 37.3 Å². The number of hydrogen-bond acceptors (Lipinski definition) is 4. The molecule has 1 aromatic rings. The number of ether oxygens (including phenoxy) is 2. The molecule has 17 heavy (non-hydrogen) atoms. The van der Waals surface area contributed by atoms with Crippen molar-refractivity contribution < 1.29 is 14.3 Å². The van der Waals surface area contributed by atoms with Gasteiger partial charge in [0.1, 0.15) is 18.6 Å². The Morgan fingerprint density at radius 2 is 2.12 bits per heavy atom. The minimum atomic E-state index is -0.445. The van der Waals surface area contributed by atoms with Crippen LogP contribution < -0.4 is 4.74 Å². The zero-order valence-corrected chi connectivity index (χ0v) is 9.76. The topological polar surface area (TPSA) is 47.9 Å². The molecule has 0 atom stereocenters. The second kappa shape index (κ2) is 7.22. The van der Waals surface area contributed by atoms with Crippen LogP contribution in [0.15, 0.2) is 41.9 Å². The van der Waals surface area contributed by atoms with E-state index in [2.05, 4.69) is 11.6 Å². The van der Waals surface area contributed by atoms with Gasteiger partial charge in [0.05, 0.1) is 12.3 Å². The molecule has 0 heterocycles. The van der Waals surface area contributed by atoms with Crippen molar-refractivity contribution in [1.29, 1.82) is 0 Å². The minimum absolute atomic E-state index is 0.346. The Bertz CT molecular complexity index is 396. The normalized spacial score (nSPS) is 10.2. The maximum atomic E-state index is 11.0. The van der Waals surface area contributed by atoms with E-state index in [4.69, 9.17) is 9.47 Å². The second-order valence-electron chi connectivity index (χ2n) is 3.10. The number of rotatable bonds is 6. The van der Waals surface area contributed by atoms with Gasteiger partial charge in [-0.05, 0) is 31.2 Å². The Kier molecular flexibility index (Phi) is 5.51. The minimum Gasteiger partial charge on any atom is -0.490 e. The number of aliphatic imine (C=N–C) groups is 1. The zero-order chi connectivity index (χ0) is 12.5. The molecular formula is C13H15NO3. The first-order valence-electron chi connectivity index (χ1n) is 5.31. The van der Waals surface area contributed by atoms with Crippen LogP contribution in [0.25, 0.3) is 0 Å². The smallest absolute Gasteiger partial charge is 0.349 e. The van der Waals surface area contributed by atoms with Crippen LogP contribution >= 0.6 is 0 Å². The first-order valence-corrected chi connectivity index (χ1v) is 5.31. The van der Waals surface area contributed by atoms with Crippen molar-refractivity contribution in [3.8, 4) is 5.75 Å². The summed E-state index contributed by atoms with van der Waals surface area (Å²) in [7, 11) is 0. The number of carbonyl (C=O) groups excluding carboxylic acids is 1. The van der Waals surface area contributed by atoms with E-state index in [0.29, 0.717) is 18.9 Å². The van der Waals surface area contributed by atoms with Crippen LogP contribution in [-0.2, 0) is 9.53 Å². The Hall–Kier alpha value is -2.10. The third-order valence-electron chi connectivity index (χ3n) is 1.81. The largest absolute Gasteiger partial charge is 0.490 e. The first kappa shape index (κ1) is 13.0. The van der Waals surface area contributed by atoms with E-state index in [9.17, 15) is 4.79 Å². The Balaban J connectivity index is 2.55. The molecule has 0 N–H and O–H groups in total. The fraction of sp³-hybridized carbons (Fsp3) is 0.231. The highest BCUT2D eigenvalue weighted by Gasteiger charge is 1.96. The number of benzene rings is 1. The second-order valence-corrected chi connectivity index (χ2v) is 3.10. The highest BCUT2D eigenvalue weighted by Crippen LogP contribution is 2.17. The lowest BCUT2D eigenvalue weighted by Gasteiger charge is -2.02. The molecule has 0 bridgehead atoms. The molecule has 0 saturated heterocycles. The highest BCUT2D eigenvalue weighted by molar-refractivity contribution is 6.23. The summed E-state index contributed by atoms with van der Waals surface area (Å²) in [6.07, 6.45) is 2.83. The Morgan fingerprint density at radius 3 is 2.71 bits per heavy atom. The molecule has 90 valence electrons. The first-order chi connectivity index (χ1) is 8.26. The molecule has 0 saturated carbocycles. The fourth-order valence-corrected chi connectivity index (χ4v) is 1.09. The Labute approximate surface area is 101 Å². The molecule has 1 rings (SSSR count). The molecule has 0 spiro atoms. The quantitative estimate of drug-likeness (QED) is 0.431. The predicted octanol–water partition coefficient (Wildman–Crippen LogP) is 2.52. The third kappa shape index (κ3) is 4.97. The zero-order valence-electron chi connectivity index (χ0n) is 9.76. The van der Waals surface area contributed by atoms with Gasteiger partial charge in [0.25, 0.3) is 0 Å². The van der Waals surface area contributed by atoms with E-state index in [0.717, 1.165) is 12.0 Å². The van der Waals surface area contributed by atoms with E-state index >= 15 is 0 Å². The lowest BCUT2D eigenvalue weighted by molar-refractivity contribution is -0.134. The summed E-state index contributed by atoms with van der Waals surface area (Å²) in [4.78, 5) is 15.0. The third-order valence-corrected chi connectivity index (χ3v) is 1.81. The maximum absolute atomic E-state index is 11.0. The van der Waals surface area contributed by atoms with Crippen LogP contribution in [0.3, 0.4) is 0 Å². The van der Waals surface area contributed by atoms with E-state index in [1.165, 1.54) is 0 Å². The van der Waals surface area contributed by atoms with E-state index < -0.39 is 5.97 Å². The van der Waals surface area contributed by atoms with Gasteiger partial charge in [-0.25, -0.2) is 9.79 Å². The molecule has 1 aromatic carbocycles. The van der Waals surface area contributed by atoms with Crippen LogP contribution in [0.4, 0.5) is 5.69 Å². The van der Waals surface area contributed by atoms with Gasteiger partial charge in [0, 0.05) is 0 Å². The summed E-state index contributed by atoms with van der Waals surface area (Å²) in [6.45, 7) is 6.12. The van der Waals surface area contributed by atoms with Gasteiger partial charge in [-0.15, -0.1) is 0 Å². The predicted molar refractivity (Wildman–Crippen MR) is 66.9 cm³/mol. The standard InChI is InChI=1S/C13H15NO3/c1-3-9-17-12-7-5-11(6-8-12)14-10-13(15)16-4-2/h3,5-8,10H,1,4,9H2,2H3. The lowest BCUT2D eigenvalue weighted by Crippen LogP contribution is -2.04. The van der Waals surface area contributed by atoms with Crippen molar-refractivity contribution in [3.63, 3.8) is 0 Å². The summed E-state index contributed by atoms with van der Waals surface area (Å²) >= 11 is 0. The van der Waals surface area contributed by atoms with Crippen LogP contribution in [0.2, 0.25) is 0 Å². The molecule has 0 fully saturated rings. The van der Waals surface area contributed by atoms with Gasteiger partial charge in [-0.2, -0.15) is 0 Å². The molecule has 0 aliphatic rings. The summed E-state index contributed by atoms with van der Waals surface area (Å²) in [5, 5.41) is 0. The number of carbonyl (C=O) groups is 1. The van der Waals surface area contributed by atoms with Gasteiger partial charge in [0.2, 0.25) is 0 Å². The van der Waals surface area contributed by atoms with E-state index in [1.807, 2.05) is 0 Å². The molecule has 4 nitrogen and oxygen atoms in total. The lowest BCUT2D eigenvalue weighted by atomic mass is 10.3. The summed E-state index contributed by atoms with van der Waals surface area (Å²) in [5.74, 6) is 0.291. The average Bonchev–Trinajstić information content (AvgIpc) is 2.35. The van der Waals surface area contributed by atoms with Gasteiger partial charge in [-0.3, -0.25) is 0 Å². The number of esters is 1. The highest BCUT2D eigenvalue weighted by atomic mass is 16.5. The molecule has 0 aliphatic carbocycles. The summed E-state index contributed by atoms with van der Waals surface area (Å²) in [6, 6.07) is 7.07. The number of nitrogens with zero attached hydrogens (tertiary/aromatic N) is 1. The fourth-order valence-electron chi connectivity index (χ4n) is 1.09. The van der Waals surface area contributed by atoms with Crippen LogP contribution in [-0.4, -0.2) is 25.4 Å². The van der Waals surface area contributed by atoms with Crippen molar-refractivity contribution in [2.75, 3.05) is 13.2 Å². The Morgan fingerprint density at radius 1 is 1.41 bits per heavy atom. The van der Waals surface area contributed by atoms with Crippen LogP contribution in [0.5, 0.6) is 5.75 Å². The molecule has 0 radical (unpaired) electrons. The van der Waals surface area contributed by atoms with Crippen molar-refractivity contribution in [2.45, 2.75) is 6.92 Å². The SMILES string of the molecule is C=CCOc1ccc(N=CC(=O)OCC)cc1. The van der Waals surface area contributed by atoms with Crippen molar-refractivity contribution >= 4 is 17.9 Å². The summed E-state index contributed by atoms with van der Waals surface area (Å²) < 4.78 is 10.0. The molecule has 4 heteroatoms. The van der Waals surface area contributed by atoms with Crippen molar-refractivity contribution in [2.24, 2.45) is 4.99 Å². The maximum Gasteiger partial charge on any atom is 0.349 e. The van der Waals surface area contributed by atoms with Crippen molar-refractivity contribution in [1.82, 2.24) is 0 Å². The molecular weight excluding hydrogens is 218 g/mol. The van der Waals surface area contributed by atoms with Gasteiger partial charge in [0.15, 0.2) is 0 Å². The number of hydrogen-bond donors (Lipinski definition) is 0. The van der Waals surface area contributed by atoms with Crippen molar-refractivity contribution in [3.05, 3.63) is 36.9 Å². The molecule has 0 aliphatic heterocycles. The van der Waals surface area contributed by atoms with Crippen LogP contribution in [0.1, 0.15) is 6.92 Å². The molecule has 0 amide bonds. The van der Waals surface area contributed by atoms with Gasteiger partial charge >= 0.3 is 5.97 Å². The monoisotopic (exact) mass is 233 g/mol. The summed E-state index contributed by atoms with van der Waals surface area (Å²) in [5.41, 5.74) is 0.670. The van der Waals surface area contributed by atoms with Crippen LogP contribution in [0, 0.1) is 0 Å². The molecule has 0 unspecified atom stereocenters. The van der Waals surface area contributed by atoms with E-state index in [-0.39, 0.29) is 0 Å². The van der Waals surface area contributed by atoms with Gasteiger partial charge < -0.3 is 9.47 Å². The average molecular weight is 233 g/mol. The van der Waals surface area contributed by atoms with Gasteiger partial charge in [-0.1, -0.05) is 12.7 Å². The molecule has 0 aromatic heterocycles.